The fraction of sp³-hybridized carbons (Fsp3) is 0.552. The number of hydrogen-bond acceptors (Lipinski definition) is 10. The number of furan rings is 1. The molecule has 0 radical (unpaired) electrons. The van der Waals surface area contributed by atoms with Gasteiger partial charge in [0.05, 0.1) is 11.2 Å². The minimum Gasteiger partial charge on any atom is -0.458 e. The number of fused-ring (bicyclic) bond motifs is 1. The molecule has 0 amide bonds. The molecule has 0 aliphatic carbocycles. The van der Waals surface area contributed by atoms with Gasteiger partial charge in [0.2, 0.25) is 5.50 Å². The maximum Gasteiger partial charge on any atom is 0.397 e. The fourth-order valence-electron chi connectivity index (χ4n) is 4.16. The minimum atomic E-state index is -4.41. The summed E-state index contributed by atoms with van der Waals surface area (Å²) in [5.74, 6) is -1.49. The molecular weight excluding hydrogens is 568 g/mol. The number of nitrogens with zero attached hydrogens (tertiary/aromatic N) is 2. The van der Waals surface area contributed by atoms with Crippen LogP contribution in [0.4, 0.5) is 10.1 Å². The number of halogens is 1. The zero-order chi connectivity index (χ0) is 31.6. The van der Waals surface area contributed by atoms with Crippen LogP contribution in [-0.2, 0) is 45.6 Å². The lowest BCUT2D eigenvalue weighted by molar-refractivity contribution is -0.157. The molecule has 0 unspecified atom stereocenters. The summed E-state index contributed by atoms with van der Waals surface area (Å²) < 4.78 is 57.8. The zero-order valence-electron chi connectivity index (χ0n) is 25.7. The van der Waals surface area contributed by atoms with Gasteiger partial charge in [0.25, 0.3) is 0 Å². The molecule has 3 aromatic rings. The zero-order valence-corrected chi connectivity index (χ0v) is 26.6. The number of aromatic nitrogens is 2. The summed E-state index contributed by atoms with van der Waals surface area (Å²) in [6.07, 6.45) is 0.534. The van der Waals surface area contributed by atoms with E-state index in [1.54, 1.807) is 41.5 Å². The van der Waals surface area contributed by atoms with Gasteiger partial charge in [-0.15, -0.1) is 0 Å². The van der Waals surface area contributed by atoms with E-state index in [0.29, 0.717) is 24.3 Å². The molecule has 11 nitrogen and oxygen atoms in total. The second-order valence-electron chi connectivity index (χ2n) is 12.3. The minimum absolute atomic E-state index is 0.0928. The molecule has 0 aliphatic rings. The number of hydrogen-bond donors (Lipinski definition) is 1. The third-order valence-electron chi connectivity index (χ3n) is 5.64. The first kappa shape index (κ1) is 33.3. The monoisotopic (exact) mass is 609 g/mol. The standard InChI is InChI=1S/C29H41FN3O8P/c1-10-18-13-19(30)24(31)25-26(18)33(14-17(2)3)27(32-25)20-11-12-23(39-20)42(36,37-15-21(34)40-28(4,5)6)38-16-22(35)41-29(7,8)9/h11-13,17H,10,14-16,31H2,1-9H3. The maximum atomic E-state index is 14.6. The summed E-state index contributed by atoms with van der Waals surface area (Å²) in [4.78, 5) is 29.3. The Morgan fingerprint density at radius 2 is 1.60 bits per heavy atom. The van der Waals surface area contributed by atoms with Crippen LogP contribution in [0, 0.1) is 11.7 Å². The van der Waals surface area contributed by atoms with Crippen LogP contribution in [0.1, 0.15) is 67.9 Å². The highest BCUT2D eigenvalue weighted by atomic mass is 31.2. The molecule has 2 aromatic heterocycles. The first-order valence-corrected chi connectivity index (χ1v) is 15.3. The second-order valence-corrected chi connectivity index (χ2v) is 14.2. The maximum absolute atomic E-state index is 14.6. The molecule has 0 aliphatic heterocycles. The molecule has 0 saturated carbocycles. The number of aryl methyl sites for hydroxylation is 1. The second kappa shape index (κ2) is 12.6. The SMILES string of the molecule is CCc1cc(F)c(N)c2nc(-c3ccc(P(=O)(OCC(=O)OC(C)(C)C)OCC(=O)OC(C)(C)C)o3)n(CC(C)C)c12. The van der Waals surface area contributed by atoms with Crippen LogP contribution >= 0.6 is 7.60 Å². The van der Waals surface area contributed by atoms with Crippen LogP contribution in [-0.4, -0.2) is 45.9 Å². The van der Waals surface area contributed by atoms with Gasteiger partial charge in [-0.05, 0) is 77.6 Å². The normalized spacial score (nSPS) is 12.7. The Morgan fingerprint density at radius 3 is 2.07 bits per heavy atom. The van der Waals surface area contributed by atoms with Crippen molar-refractivity contribution in [1.82, 2.24) is 9.55 Å². The Bertz CT molecular complexity index is 1460. The number of carbonyl (C=O) groups excluding carboxylic acids is 2. The number of benzene rings is 1. The van der Waals surface area contributed by atoms with E-state index in [1.165, 1.54) is 18.2 Å². The number of ether oxygens (including phenoxy) is 2. The molecule has 0 atom stereocenters. The van der Waals surface area contributed by atoms with Crippen molar-refractivity contribution in [3.05, 3.63) is 29.6 Å². The van der Waals surface area contributed by atoms with Gasteiger partial charge in [-0.2, -0.15) is 0 Å². The van der Waals surface area contributed by atoms with Crippen molar-refractivity contribution in [3.8, 4) is 11.6 Å². The summed E-state index contributed by atoms with van der Waals surface area (Å²) in [6.45, 7) is 15.0. The molecule has 0 bridgehead atoms. The predicted molar refractivity (Wildman–Crippen MR) is 157 cm³/mol. The van der Waals surface area contributed by atoms with Gasteiger partial charge in [-0.25, -0.2) is 19.0 Å². The van der Waals surface area contributed by atoms with Gasteiger partial charge in [0, 0.05) is 6.54 Å². The molecule has 3 rings (SSSR count). The largest absolute Gasteiger partial charge is 0.458 e. The van der Waals surface area contributed by atoms with Gasteiger partial charge in [-0.1, -0.05) is 20.8 Å². The van der Waals surface area contributed by atoms with Crippen LogP contribution in [0.25, 0.3) is 22.6 Å². The van der Waals surface area contributed by atoms with Crippen LogP contribution < -0.4 is 11.2 Å². The highest BCUT2D eigenvalue weighted by Gasteiger charge is 2.36. The van der Waals surface area contributed by atoms with E-state index in [2.05, 4.69) is 4.98 Å². The van der Waals surface area contributed by atoms with Crippen molar-refractivity contribution >= 4 is 41.8 Å². The van der Waals surface area contributed by atoms with Crippen LogP contribution in [0.15, 0.2) is 22.6 Å². The third kappa shape index (κ3) is 8.20. The van der Waals surface area contributed by atoms with Crippen molar-refractivity contribution in [1.29, 1.82) is 0 Å². The number of rotatable bonds is 11. The van der Waals surface area contributed by atoms with Crippen LogP contribution in [0.5, 0.6) is 0 Å². The van der Waals surface area contributed by atoms with E-state index >= 15 is 0 Å². The average Bonchev–Trinajstić information content (AvgIpc) is 3.47. The number of anilines is 1. The highest BCUT2D eigenvalue weighted by molar-refractivity contribution is 7.61. The molecular formula is C29H41FN3O8P. The number of nitrogen functional groups attached to an aromatic ring is 1. The van der Waals surface area contributed by atoms with Gasteiger partial charge in [-0.3, -0.25) is 13.6 Å². The summed E-state index contributed by atoms with van der Waals surface area (Å²) >= 11 is 0. The van der Waals surface area contributed by atoms with Gasteiger partial charge < -0.3 is 24.2 Å². The lowest BCUT2D eigenvalue weighted by Gasteiger charge is -2.22. The summed E-state index contributed by atoms with van der Waals surface area (Å²) in [5, 5.41) is 0. The Morgan fingerprint density at radius 1 is 1.05 bits per heavy atom. The van der Waals surface area contributed by atoms with Gasteiger partial charge in [0.1, 0.15) is 22.5 Å². The van der Waals surface area contributed by atoms with E-state index in [-0.39, 0.29) is 28.4 Å². The smallest absolute Gasteiger partial charge is 0.397 e. The number of imidazole rings is 1. The molecule has 0 fully saturated rings. The Hall–Kier alpha value is -3.21. The Kier molecular flexibility index (Phi) is 9.96. The third-order valence-corrected chi connectivity index (χ3v) is 7.36. The molecule has 13 heteroatoms. The number of esters is 2. The highest BCUT2D eigenvalue weighted by Crippen LogP contribution is 2.48. The van der Waals surface area contributed by atoms with E-state index in [0.717, 1.165) is 5.56 Å². The average molecular weight is 610 g/mol. The molecule has 232 valence electrons. The van der Waals surface area contributed by atoms with Crippen molar-refractivity contribution in [2.45, 2.75) is 86.5 Å². The molecule has 2 N–H and O–H groups in total. The molecule has 0 spiro atoms. The quantitative estimate of drug-likeness (QED) is 0.162. The molecule has 1 aromatic carbocycles. The fourth-order valence-corrected chi connectivity index (χ4v) is 5.50. The first-order chi connectivity index (χ1) is 19.3. The van der Waals surface area contributed by atoms with Crippen molar-refractivity contribution < 1.29 is 41.5 Å². The van der Waals surface area contributed by atoms with Crippen molar-refractivity contribution in [2.75, 3.05) is 18.9 Å². The molecule has 42 heavy (non-hydrogen) atoms. The van der Waals surface area contributed by atoms with Gasteiger partial charge >= 0.3 is 19.5 Å². The topological polar surface area (TPSA) is 145 Å². The van der Waals surface area contributed by atoms with E-state index in [1.807, 2.05) is 25.3 Å². The molecule has 2 heterocycles. The Labute approximate surface area is 245 Å². The Balaban J connectivity index is 2.06. The summed E-state index contributed by atoms with van der Waals surface area (Å²) in [7, 11) is -4.41. The summed E-state index contributed by atoms with van der Waals surface area (Å²) in [5.41, 5.74) is 5.76. The first-order valence-electron chi connectivity index (χ1n) is 13.7. The van der Waals surface area contributed by atoms with E-state index in [9.17, 15) is 18.5 Å². The van der Waals surface area contributed by atoms with E-state index < -0.39 is 49.8 Å². The summed E-state index contributed by atoms with van der Waals surface area (Å²) in [6, 6.07) is 4.26. The number of nitrogens with two attached hydrogens (primary N) is 1. The molecule has 0 saturated heterocycles. The van der Waals surface area contributed by atoms with Crippen molar-refractivity contribution in [3.63, 3.8) is 0 Å². The van der Waals surface area contributed by atoms with Crippen LogP contribution in [0.3, 0.4) is 0 Å². The lowest BCUT2D eigenvalue weighted by Crippen LogP contribution is -2.28. The van der Waals surface area contributed by atoms with E-state index in [4.69, 9.17) is 28.7 Å². The van der Waals surface area contributed by atoms with Crippen LogP contribution in [0.2, 0.25) is 0 Å². The van der Waals surface area contributed by atoms with Crippen molar-refractivity contribution in [2.24, 2.45) is 5.92 Å². The number of carbonyl (C=O) groups is 2. The predicted octanol–water partition coefficient (Wildman–Crippen LogP) is 5.77. The lowest BCUT2D eigenvalue weighted by atomic mass is 10.1. The van der Waals surface area contributed by atoms with Gasteiger partial charge in [0.15, 0.2) is 24.8 Å².